The van der Waals surface area contributed by atoms with Gasteiger partial charge in [0.2, 0.25) is 0 Å². The average Bonchev–Trinajstić information content (AvgIpc) is 3.32. The molecule has 2 fully saturated rings. The molecule has 28 heavy (non-hydrogen) atoms. The van der Waals surface area contributed by atoms with Crippen molar-refractivity contribution in [2.45, 2.75) is 44.1 Å². The molecule has 8 heteroatoms. The molecule has 1 saturated heterocycles. The minimum Gasteiger partial charge on any atom is -0.348 e. The number of amides is 1. The van der Waals surface area contributed by atoms with Gasteiger partial charge in [-0.3, -0.25) is 4.79 Å². The summed E-state index contributed by atoms with van der Waals surface area (Å²) in [5.41, 5.74) is 1.28. The van der Waals surface area contributed by atoms with E-state index in [0.717, 1.165) is 31.2 Å². The van der Waals surface area contributed by atoms with Crippen molar-refractivity contribution in [3.05, 3.63) is 52.3 Å². The first-order valence-corrected chi connectivity index (χ1v) is 10.3. The van der Waals surface area contributed by atoms with Crippen molar-refractivity contribution < 1.29 is 18.7 Å². The lowest BCUT2D eigenvalue weighted by Gasteiger charge is -2.40. The topological polar surface area (TPSA) is 56.6 Å². The standard InChI is InChI=1S/C20H23BrFN3O3/c1-24-12-18(23-13-24)19(26)25(11-14-2-3-17(22)16(21)10-14)15-4-6-20(7-5-15)27-8-9-28-20/h2-3,10,12-13,15H,4-9,11H2,1H3. The maximum Gasteiger partial charge on any atom is 0.274 e. The summed E-state index contributed by atoms with van der Waals surface area (Å²) in [5.74, 6) is -0.911. The number of aryl methyl sites for hydroxylation is 1. The van der Waals surface area contributed by atoms with Gasteiger partial charge in [-0.2, -0.15) is 0 Å². The zero-order valence-electron chi connectivity index (χ0n) is 15.7. The summed E-state index contributed by atoms with van der Waals surface area (Å²) in [7, 11) is 1.84. The molecule has 0 atom stereocenters. The third-order valence-electron chi connectivity index (χ3n) is 5.49. The summed E-state index contributed by atoms with van der Waals surface area (Å²) in [6.45, 7) is 1.66. The van der Waals surface area contributed by atoms with Gasteiger partial charge < -0.3 is 18.9 Å². The second-order valence-corrected chi connectivity index (χ2v) is 8.30. The Hall–Kier alpha value is -1.77. The molecule has 2 aromatic rings. The Kier molecular flexibility index (Phi) is 5.53. The van der Waals surface area contributed by atoms with Gasteiger partial charge in [-0.05, 0) is 46.5 Å². The molecule has 6 nitrogen and oxygen atoms in total. The lowest BCUT2D eigenvalue weighted by atomic mass is 9.88. The molecule has 1 aromatic carbocycles. The number of aromatic nitrogens is 2. The number of nitrogens with zero attached hydrogens (tertiary/aromatic N) is 3. The molecule has 4 rings (SSSR count). The van der Waals surface area contributed by atoms with Gasteiger partial charge in [-0.15, -0.1) is 0 Å². The van der Waals surface area contributed by atoms with Crippen LogP contribution in [0, 0.1) is 5.82 Å². The summed E-state index contributed by atoms with van der Waals surface area (Å²) >= 11 is 3.23. The maximum absolute atomic E-state index is 13.6. The molecular weight excluding hydrogens is 429 g/mol. The molecule has 0 radical (unpaired) electrons. The predicted molar refractivity (Wildman–Crippen MR) is 104 cm³/mol. The number of halogens is 2. The van der Waals surface area contributed by atoms with Crippen LogP contribution in [0.4, 0.5) is 4.39 Å². The highest BCUT2D eigenvalue weighted by atomic mass is 79.9. The second kappa shape index (κ2) is 7.93. The van der Waals surface area contributed by atoms with Crippen molar-refractivity contribution in [1.29, 1.82) is 0 Å². The number of ether oxygens (including phenoxy) is 2. The molecule has 0 bridgehead atoms. The number of rotatable bonds is 4. The van der Waals surface area contributed by atoms with E-state index in [1.54, 1.807) is 29.2 Å². The van der Waals surface area contributed by atoms with Crippen molar-refractivity contribution in [3.63, 3.8) is 0 Å². The Labute approximate surface area is 171 Å². The fourth-order valence-electron chi connectivity index (χ4n) is 4.01. The highest BCUT2D eigenvalue weighted by molar-refractivity contribution is 9.10. The Bertz CT molecular complexity index is 856. The first-order chi connectivity index (χ1) is 13.5. The first-order valence-electron chi connectivity index (χ1n) is 9.47. The molecule has 1 aliphatic carbocycles. The normalized spacial score (nSPS) is 19.2. The fourth-order valence-corrected chi connectivity index (χ4v) is 4.44. The second-order valence-electron chi connectivity index (χ2n) is 7.44. The van der Waals surface area contributed by atoms with E-state index in [9.17, 15) is 9.18 Å². The SMILES string of the molecule is Cn1cnc(C(=O)N(Cc2ccc(F)c(Br)c2)C2CCC3(CC2)OCCO3)c1. The van der Waals surface area contributed by atoms with Crippen molar-refractivity contribution in [1.82, 2.24) is 14.5 Å². The molecule has 1 saturated carbocycles. The van der Waals surface area contributed by atoms with Crippen molar-refractivity contribution in [2.24, 2.45) is 7.05 Å². The number of carbonyl (C=O) groups excluding carboxylic acids is 1. The van der Waals surface area contributed by atoms with Crippen molar-refractivity contribution in [2.75, 3.05) is 13.2 Å². The number of carbonyl (C=O) groups is 1. The third-order valence-corrected chi connectivity index (χ3v) is 6.10. The van der Waals surface area contributed by atoms with Gasteiger partial charge in [-0.1, -0.05) is 6.07 Å². The monoisotopic (exact) mass is 451 g/mol. The largest absolute Gasteiger partial charge is 0.348 e. The van der Waals surface area contributed by atoms with Gasteiger partial charge in [0.15, 0.2) is 5.79 Å². The number of imidazole rings is 1. The minimum atomic E-state index is -0.477. The highest BCUT2D eigenvalue weighted by Gasteiger charge is 2.42. The molecular formula is C20H23BrFN3O3. The van der Waals surface area contributed by atoms with Gasteiger partial charge in [0.25, 0.3) is 5.91 Å². The number of hydrogen-bond acceptors (Lipinski definition) is 4. The lowest BCUT2D eigenvalue weighted by Crippen LogP contribution is -2.46. The molecule has 150 valence electrons. The molecule has 1 spiro atoms. The molecule has 2 heterocycles. The van der Waals surface area contributed by atoms with Gasteiger partial charge in [0.05, 0.1) is 24.0 Å². The van der Waals surface area contributed by atoms with Crippen LogP contribution in [-0.4, -0.2) is 45.4 Å². The Morgan fingerprint density at radius 1 is 1.36 bits per heavy atom. The minimum absolute atomic E-state index is 0.0526. The molecule has 1 aromatic heterocycles. The summed E-state index contributed by atoms with van der Waals surface area (Å²) in [6.07, 6.45) is 6.45. The van der Waals surface area contributed by atoms with E-state index in [1.807, 2.05) is 11.9 Å². The van der Waals surface area contributed by atoms with Crippen LogP contribution in [0.2, 0.25) is 0 Å². The number of hydrogen-bond donors (Lipinski definition) is 0. The van der Waals surface area contributed by atoms with E-state index >= 15 is 0 Å². The van der Waals surface area contributed by atoms with Crippen LogP contribution < -0.4 is 0 Å². The van der Waals surface area contributed by atoms with Crippen LogP contribution in [0.15, 0.2) is 35.2 Å². The maximum atomic E-state index is 13.6. The molecule has 1 amide bonds. The Morgan fingerprint density at radius 2 is 2.07 bits per heavy atom. The van der Waals surface area contributed by atoms with E-state index in [4.69, 9.17) is 9.47 Å². The van der Waals surface area contributed by atoms with Crippen molar-refractivity contribution in [3.8, 4) is 0 Å². The lowest BCUT2D eigenvalue weighted by molar-refractivity contribution is -0.183. The molecule has 2 aliphatic rings. The quantitative estimate of drug-likeness (QED) is 0.711. The van der Waals surface area contributed by atoms with Gasteiger partial charge in [-0.25, -0.2) is 9.37 Å². The molecule has 1 aliphatic heterocycles. The summed E-state index contributed by atoms with van der Waals surface area (Å²) in [6, 6.07) is 4.91. The third kappa shape index (κ3) is 3.99. The van der Waals surface area contributed by atoms with E-state index < -0.39 is 5.79 Å². The molecule has 0 unspecified atom stereocenters. The van der Waals surface area contributed by atoms with Crippen LogP contribution in [-0.2, 0) is 23.1 Å². The van der Waals surface area contributed by atoms with Gasteiger partial charge in [0.1, 0.15) is 11.5 Å². The van der Waals surface area contributed by atoms with E-state index in [-0.39, 0.29) is 17.8 Å². The summed E-state index contributed by atoms with van der Waals surface area (Å²) in [4.78, 5) is 19.3. The zero-order valence-corrected chi connectivity index (χ0v) is 17.3. The van der Waals surface area contributed by atoms with Crippen LogP contribution in [0.25, 0.3) is 0 Å². The van der Waals surface area contributed by atoms with E-state index in [2.05, 4.69) is 20.9 Å². The van der Waals surface area contributed by atoms with Gasteiger partial charge in [0, 0.05) is 38.7 Å². The van der Waals surface area contributed by atoms with Crippen LogP contribution in [0.5, 0.6) is 0 Å². The van der Waals surface area contributed by atoms with E-state index in [1.165, 1.54) is 6.07 Å². The fraction of sp³-hybridized carbons (Fsp3) is 0.500. The van der Waals surface area contributed by atoms with Crippen LogP contribution >= 0.6 is 15.9 Å². The predicted octanol–water partition coefficient (Wildman–Crippen LogP) is 3.65. The Morgan fingerprint density at radius 3 is 2.68 bits per heavy atom. The van der Waals surface area contributed by atoms with Crippen LogP contribution in [0.3, 0.4) is 0 Å². The first kappa shape index (κ1) is 19.5. The van der Waals surface area contributed by atoms with Crippen LogP contribution in [0.1, 0.15) is 41.7 Å². The zero-order chi connectivity index (χ0) is 19.7. The summed E-state index contributed by atoms with van der Waals surface area (Å²) in [5, 5.41) is 0. The molecule has 0 N–H and O–H groups in total. The summed E-state index contributed by atoms with van der Waals surface area (Å²) < 4.78 is 27.4. The Balaban J connectivity index is 1.56. The smallest absolute Gasteiger partial charge is 0.274 e. The number of benzene rings is 1. The van der Waals surface area contributed by atoms with Crippen molar-refractivity contribution >= 4 is 21.8 Å². The highest BCUT2D eigenvalue weighted by Crippen LogP contribution is 2.38. The average molecular weight is 452 g/mol. The van der Waals surface area contributed by atoms with E-state index in [0.29, 0.717) is 29.9 Å². The van der Waals surface area contributed by atoms with Gasteiger partial charge >= 0.3 is 0 Å².